The summed E-state index contributed by atoms with van der Waals surface area (Å²) >= 11 is 0. The Balaban J connectivity index is 1.64. The number of hydrogen-bond acceptors (Lipinski definition) is 7. The van der Waals surface area contributed by atoms with Crippen molar-refractivity contribution in [3.05, 3.63) is 60.6 Å². The van der Waals surface area contributed by atoms with Crippen LogP contribution in [0.1, 0.15) is 5.69 Å². The summed E-state index contributed by atoms with van der Waals surface area (Å²) in [6.45, 7) is 0.571. The Morgan fingerprint density at radius 1 is 1.09 bits per heavy atom. The molecule has 3 aromatic rings. The van der Waals surface area contributed by atoms with Crippen LogP contribution in [0.2, 0.25) is 0 Å². The van der Waals surface area contributed by atoms with Crippen LogP contribution in [0.15, 0.2) is 54.9 Å². The van der Waals surface area contributed by atoms with Crippen LogP contribution in [-0.2, 0) is 6.54 Å². The van der Waals surface area contributed by atoms with Gasteiger partial charge in [0.05, 0.1) is 25.5 Å². The molecular formula is C16H16N6O. The lowest BCUT2D eigenvalue weighted by atomic mass is 10.3. The minimum Gasteiger partial charge on any atom is -0.497 e. The molecule has 2 N–H and O–H groups in total. The first-order valence-corrected chi connectivity index (χ1v) is 7.08. The third-order valence-electron chi connectivity index (χ3n) is 3.08. The number of benzene rings is 1. The van der Waals surface area contributed by atoms with Crippen molar-refractivity contribution in [2.24, 2.45) is 0 Å². The second-order valence-electron chi connectivity index (χ2n) is 4.69. The highest BCUT2D eigenvalue weighted by atomic mass is 16.5. The number of pyridine rings is 1. The second kappa shape index (κ2) is 7.17. The average Bonchev–Trinajstić information content (AvgIpc) is 2.62. The number of aromatic nitrogens is 4. The van der Waals surface area contributed by atoms with Gasteiger partial charge in [-0.2, -0.15) is 10.1 Å². The highest BCUT2D eigenvalue weighted by Crippen LogP contribution is 2.18. The molecule has 0 fully saturated rings. The quantitative estimate of drug-likeness (QED) is 0.724. The molecule has 2 aromatic heterocycles. The Labute approximate surface area is 133 Å². The van der Waals surface area contributed by atoms with Crippen molar-refractivity contribution in [1.82, 2.24) is 20.2 Å². The Morgan fingerprint density at radius 2 is 1.96 bits per heavy atom. The number of methoxy groups -OCH3 is 1. The van der Waals surface area contributed by atoms with Gasteiger partial charge >= 0.3 is 0 Å². The van der Waals surface area contributed by atoms with E-state index in [4.69, 9.17) is 4.74 Å². The molecule has 0 aliphatic rings. The smallest absolute Gasteiger partial charge is 0.249 e. The molecule has 3 rings (SSSR count). The van der Waals surface area contributed by atoms with Gasteiger partial charge in [0.15, 0.2) is 5.82 Å². The molecule has 0 aliphatic heterocycles. The largest absolute Gasteiger partial charge is 0.497 e. The zero-order chi connectivity index (χ0) is 15.9. The van der Waals surface area contributed by atoms with Crippen molar-refractivity contribution in [2.45, 2.75) is 6.54 Å². The summed E-state index contributed by atoms with van der Waals surface area (Å²) in [7, 11) is 1.63. The van der Waals surface area contributed by atoms with Crippen LogP contribution in [0.4, 0.5) is 17.5 Å². The number of ether oxygens (including phenoxy) is 1. The van der Waals surface area contributed by atoms with Crippen LogP contribution in [-0.4, -0.2) is 27.3 Å². The van der Waals surface area contributed by atoms with Gasteiger partial charge in [-0.3, -0.25) is 4.98 Å². The van der Waals surface area contributed by atoms with E-state index in [1.165, 1.54) is 0 Å². The molecule has 0 radical (unpaired) electrons. The number of nitrogens with zero attached hydrogens (tertiary/aromatic N) is 4. The Hall–Kier alpha value is -3.22. The van der Waals surface area contributed by atoms with Gasteiger partial charge in [-0.1, -0.05) is 6.07 Å². The topological polar surface area (TPSA) is 84.9 Å². The number of nitrogens with one attached hydrogen (secondary N) is 2. The predicted octanol–water partition coefficient (Wildman–Crippen LogP) is 2.63. The van der Waals surface area contributed by atoms with Crippen LogP contribution in [0.5, 0.6) is 5.75 Å². The number of hydrogen-bond donors (Lipinski definition) is 2. The molecule has 7 heteroatoms. The lowest BCUT2D eigenvalue weighted by Crippen LogP contribution is -2.06. The van der Waals surface area contributed by atoms with Crippen LogP contribution < -0.4 is 15.4 Å². The average molecular weight is 308 g/mol. The van der Waals surface area contributed by atoms with E-state index < -0.39 is 0 Å². The summed E-state index contributed by atoms with van der Waals surface area (Å²) in [5.41, 5.74) is 1.78. The van der Waals surface area contributed by atoms with E-state index in [0.29, 0.717) is 18.3 Å². The maximum atomic E-state index is 5.13. The third kappa shape index (κ3) is 4.13. The van der Waals surface area contributed by atoms with Crippen molar-refractivity contribution in [3.63, 3.8) is 0 Å². The van der Waals surface area contributed by atoms with Crippen molar-refractivity contribution in [3.8, 4) is 5.75 Å². The third-order valence-corrected chi connectivity index (χ3v) is 3.08. The van der Waals surface area contributed by atoms with E-state index in [1.807, 2.05) is 42.5 Å². The first-order valence-electron chi connectivity index (χ1n) is 7.08. The Bertz CT molecular complexity index is 748. The summed E-state index contributed by atoms with van der Waals surface area (Å²) in [5.74, 6) is 1.84. The highest BCUT2D eigenvalue weighted by Gasteiger charge is 2.02. The zero-order valence-electron chi connectivity index (χ0n) is 12.6. The van der Waals surface area contributed by atoms with Crippen LogP contribution in [0.3, 0.4) is 0 Å². The monoisotopic (exact) mass is 308 g/mol. The molecule has 23 heavy (non-hydrogen) atoms. The van der Waals surface area contributed by atoms with E-state index in [9.17, 15) is 0 Å². The van der Waals surface area contributed by atoms with Crippen molar-refractivity contribution in [2.75, 3.05) is 17.7 Å². The summed E-state index contributed by atoms with van der Waals surface area (Å²) < 4.78 is 5.13. The molecule has 116 valence electrons. The molecule has 7 nitrogen and oxygen atoms in total. The molecule has 2 heterocycles. The normalized spacial score (nSPS) is 10.1. The van der Waals surface area contributed by atoms with Gasteiger partial charge < -0.3 is 15.4 Å². The SMILES string of the molecule is COc1ccc(Nc2nncc(NCc3ccccn3)n2)cc1. The molecule has 0 bridgehead atoms. The molecule has 0 saturated carbocycles. The van der Waals surface area contributed by atoms with Crippen LogP contribution in [0.25, 0.3) is 0 Å². The minimum absolute atomic E-state index is 0.418. The standard InChI is InChI=1S/C16H16N6O/c1-23-14-7-5-12(6-8-14)20-16-21-15(11-19-22-16)18-10-13-4-2-3-9-17-13/h2-9,11H,10H2,1H3,(H2,18,20,21,22). The van der Waals surface area contributed by atoms with Crippen molar-refractivity contribution in [1.29, 1.82) is 0 Å². The minimum atomic E-state index is 0.418. The first kappa shape index (κ1) is 14.7. The van der Waals surface area contributed by atoms with Crippen LogP contribution >= 0.6 is 0 Å². The number of rotatable bonds is 6. The van der Waals surface area contributed by atoms with E-state index in [1.54, 1.807) is 19.5 Å². The maximum absolute atomic E-state index is 5.13. The van der Waals surface area contributed by atoms with E-state index in [-0.39, 0.29) is 0 Å². The fraction of sp³-hybridized carbons (Fsp3) is 0.125. The summed E-state index contributed by atoms with van der Waals surface area (Å²) in [6, 6.07) is 13.3. The molecule has 0 saturated heterocycles. The summed E-state index contributed by atoms with van der Waals surface area (Å²) in [6.07, 6.45) is 3.33. The van der Waals surface area contributed by atoms with Gasteiger partial charge in [-0.05, 0) is 36.4 Å². The zero-order valence-corrected chi connectivity index (χ0v) is 12.6. The number of anilines is 3. The molecule has 1 aromatic carbocycles. The van der Waals surface area contributed by atoms with Gasteiger partial charge in [0.1, 0.15) is 5.75 Å². The molecule has 0 amide bonds. The van der Waals surface area contributed by atoms with E-state index >= 15 is 0 Å². The Kier molecular flexibility index (Phi) is 4.58. The molecule has 0 unspecified atom stereocenters. The van der Waals surface area contributed by atoms with E-state index in [2.05, 4.69) is 30.8 Å². The van der Waals surface area contributed by atoms with Gasteiger partial charge in [0.2, 0.25) is 5.95 Å². The fourth-order valence-corrected chi connectivity index (χ4v) is 1.93. The van der Waals surface area contributed by atoms with Crippen molar-refractivity contribution < 1.29 is 4.74 Å². The lowest BCUT2D eigenvalue weighted by Gasteiger charge is -2.08. The van der Waals surface area contributed by atoms with Crippen molar-refractivity contribution >= 4 is 17.5 Å². The lowest BCUT2D eigenvalue weighted by molar-refractivity contribution is 0.415. The highest BCUT2D eigenvalue weighted by molar-refractivity contribution is 5.55. The van der Waals surface area contributed by atoms with Gasteiger partial charge in [-0.15, -0.1) is 5.10 Å². The van der Waals surface area contributed by atoms with Gasteiger partial charge in [-0.25, -0.2) is 0 Å². The summed E-state index contributed by atoms with van der Waals surface area (Å²) in [4.78, 5) is 8.62. The molecule has 0 aliphatic carbocycles. The first-order chi connectivity index (χ1) is 11.3. The molecule has 0 atom stereocenters. The Morgan fingerprint density at radius 3 is 2.70 bits per heavy atom. The van der Waals surface area contributed by atoms with Crippen LogP contribution in [0, 0.1) is 0 Å². The van der Waals surface area contributed by atoms with E-state index in [0.717, 1.165) is 17.1 Å². The molecular weight excluding hydrogens is 292 g/mol. The van der Waals surface area contributed by atoms with Gasteiger partial charge in [0.25, 0.3) is 0 Å². The maximum Gasteiger partial charge on any atom is 0.249 e. The molecule has 0 spiro atoms. The van der Waals surface area contributed by atoms with Gasteiger partial charge in [0, 0.05) is 11.9 Å². The second-order valence-corrected chi connectivity index (χ2v) is 4.69. The fourth-order valence-electron chi connectivity index (χ4n) is 1.93. The predicted molar refractivity (Wildman–Crippen MR) is 87.7 cm³/mol. The summed E-state index contributed by atoms with van der Waals surface area (Å²) in [5, 5.41) is 14.2.